The van der Waals surface area contributed by atoms with Gasteiger partial charge < -0.3 is 5.11 Å². The van der Waals surface area contributed by atoms with Crippen molar-refractivity contribution in [1.82, 2.24) is 0 Å². The van der Waals surface area contributed by atoms with E-state index < -0.39 is 17.7 Å². The van der Waals surface area contributed by atoms with Gasteiger partial charge in [-0.3, -0.25) is 0 Å². The first-order chi connectivity index (χ1) is 10.1. The Bertz CT molecular complexity index is 639. The SMILES string of the molecule is OC(Cc1ccc(F)cc1F)C1CCc2ccccc2C1. The summed E-state index contributed by atoms with van der Waals surface area (Å²) in [5.41, 5.74) is 2.99. The van der Waals surface area contributed by atoms with Crippen LogP contribution in [-0.4, -0.2) is 11.2 Å². The minimum Gasteiger partial charge on any atom is -0.392 e. The minimum absolute atomic E-state index is 0.129. The molecule has 0 aliphatic heterocycles. The molecular weight excluding hydrogens is 270 g/mol. The van der Waals surface area contributed by atoms with Gasteiger partial charge in [-0.2, -0.15) is 0 Å². The molecule has 0 saturated carbocycles. The van der Waals surface area contributed by atoms with Crippen molar-refractivity contribution in [1.29, 1.82) is 0 Å². The van der Waals surface area contributed by atoms with Crippen molar-refractivity contribution in [2.24, 2.45) is 5.92 Å². The molecule has 1 aliphatic carbocycles. The van der Waals surface area contributed by atoms with E-state index in [0.29, 0.717) is 5.56 Å². The highest BCUT2D eigenvalue weighted by molar-refractivity contribution is 5.30. The lowest BCUT2D eigenvalue weighted by Gasteiger charge is -2.28. The lowest BCUT2D eigenvalue weighted by Crippen LogP contribution is -2.28. The van der Waals surface area contributed by atoms with Gasteiger partial charge in [-0.05, 0) is 47.9 Å². The summed E-state index contributed by atoms with van der Waals surface area (Å²) in [4.78, 5) is 0. The third kappa shape index (κ3) is 3.13. The molecule has 0 heterocycles. The second kappa shape index (κ2) is 5.94. The lowest BCUT2D eigenvalue weighted by molar-refractivity contribution is 0.0984. The molecule has 0 fully saturated rings. The average molecular weight is 288 g/mol. The van der Waals surface area contributed by atoms with Crippen LogP contribution >= 0.6 is 0 Å². The number of aryl methyl sites for hydroxylation is 1. The van der Waals surface area contributed by atoms with Crippen LogP contribution in [0.4, 0.5) is 8.78 Å². The Labute approximate surface area is 123 Å². The van der Waals surface area contributed by atoms with Gasteiger partial charge in [-0.15, -0.1) is 0 Å². The Morgan fingerprint density at radius 3 is 2.62 bits per heavy atom. The summed E-state index contributed by atoms with van der Waals surface area (Å²) in [5, 5.41) is 10.4. The fourth-order valence-corrected chi connectivity index (χ4v) is 3.13. The van der Waals surface area contributed by atoms with Crippen molar-refractivity contribution in [3.8, 4) is 0 Å². The molecule has 2 aromatic carbocycles. The second-order valence-electron chi connectivity index (χ2n) is 5.78. The van der Waals surface area contributed by atoms with Crippen molar-refractivity contribution in [3.05, 3.63) is 70.8 Å². The number of rotatable bonds is 3. The third-order valence-corrected chi connectivity index (χ3v) is 4.37. The molecule has 0 spiro atoms. The molecule has 0 bridgehead atoms. The zero-order valence-electron chi connectivity index (χ0n) is 11.7. The zero-order chi connectivity index (χ0) is 14.8. The summed E-state index contributed by atoms with van der Waals surface area (Å²) < 4.78 is 26.6. The lowest BCUT2D eigenvalue weighted by atomic mass is 9.79. The van der Waals surface area contributed by atoms with Crippen molar-refractivity contribution in [3.63, 3.8) is 0 Å². The maximum absolute atomic E-state index is 13.7. The van der Waals surface area contributed by atoms with Crippen molar-refractivity contribution >= 4 is 0 Å². The molecule has 2 atom stereocenters. The van der Waals surface area contributed by atoms with Gasteiger partial charge in [-0.1, -0.05) is 30.3 Å². The highest BCUT2D eigenvalue weighted by Crippen LogP contribution is 2.29. The van der Waals surface area contributed by atoms with Crippen LogP contribution in [0.5, 0.6) is 0 Å². The average Bonchev–Trinajstić information content (AvgIpc) is 2.49. The molecule has 2 unspecified atom stereocenters. The highest BCUT2D eigenvalue weighted by atomic mass is 19.1. The molecule has 0 amide bonds. The van der Waals surface area contributed by atoms with E-state index in [1.165, 1.54) is 23.3 Å². The standard InChI is InChI=1S/C18H18F2O/c19-16-8-7-14(17(20)11-16)10-18(21)15-6-5-12-3-1-2-4-13(12)9-15/h1-4,7-8,11,15,18,21H,5-6,9-10H2. The van der Waals surface area contributed by atoms with Crippen LogP contribution in [0.3, 0.4) is 0 Å². The molecule has 110 valence electrons. The first-order valence-corrected chi connectivity index (χ1v) is 7.32. The summed E-state index contributed by atoms with van der Waals surface area (Å²) in [6, 6.07) is 11.8. The van der Waals surface area contributed by atoms with Crippen molar-refractivity contribution in [2.45, 2.75) is 31.8 Å². The van der Waals surface area contributed by atoms with Gasteiger partial charge in [0.15, 0.2) is 0 Å². The van der Waals surface area contributed by atoms with Gasteiger partial charge in [0.2, 0.25) is 0 Å². The Balaban J connectivity index is 1.70. The van der Waals surface area contributed by atoms with Crippen LogP contribution in [0.2, 0.25) is 0 Å². The second-order valence-corrected chi connectivity index (χ2v) is 5.78. The van der Waals surface area contributed by atoms with Crippen LogP contribution in [0.15, 0.2) is 42.5 Å². The van der Waals surface area contributed by atoms with Gasteiger partial charge >= 0.3 is 0 Å². The maximum atomic E-state index is 13.7. The smallest absolute Gasteiger partial charge is 0.129 e. The van der Waals surface area contributed by atoms with Gasteiger partial charge in [0, 0.05) is 12.5 Å². The normalized spacial score (nSPS) is 19.1. The number of fused-ring (bicyclic) bond motifs is 1. The fraction of sp³-hybridized carbons (Fsp3) is 0.333. The first kappa shape index (κ1) is 14.2. The van der Waals surface area contributed by atoms with Gasteiger partial charge in [0.25, 0.3) is 0 Å². The number of hydrogen-bond acceptors (Lipinski definition) is 1. The number of aliphatic hydroxyl groups is 1. The molecule has 0 radical (unpaired) electrons. The Hall–Kier alpha value is -1.74. The highest BCUT2D eigenvalue weighted by Gasteiger charge is 2.25. The van der Waals surface area contributed by atoms with Gasteiger partial charge in [0.1, 0.15) is 11.6 Å². The van der Waals surface area contributed by atoms with Gasteiger partial charge in [0.05, 0.1) is 6.10 Å². The number of hydrogen-bond donors (Lipinski definition) is 1. The summed E-state index contributed by atoms with van der Waals surface area (Å²) in [6.45, 7) is 0. The van der Waals surface area contributed by atoms with E-state index >= 15 is 0 Å². The van der Waals surface area contributed by atoms with E-state index in [9.17, 15) is 13.9 Å². The summed E-state index contributed by atoms with van der Waals surface area (Å²) >= 11 is 0. The van der Waals surface area contributed by atoms with Crippen molar-refractivity contribution < 1.29 is 13.9 Å². The number of benzene rings is 2. The quantitative estimate of drug-likeness (QED) is 0.913. The molecule has 1 nitrogen and oxygen atoms in total. The van der Waals surface area contributed by atoms with Crippen LogP contribution in [-0.2, 0) is 19.3 Å². The summed E-state index contributed by atoms with van der Waals surface area (Å²) in [5.74, 6) is -1.04. The Kier molecular flexibility index (Phi) is 4.02. The van der Waals surface area contributed by atoms with E-state index in [4.69, 9.17) is 0 Å². The molecule has 0 aromatic heterocycles. The van der Waals surface area contributed by atoms with Crippen LogP contribution in [0.25, 0.3) is 0 Å². The van der Waals surface area contributed by atoms with E-state index in [-0.39, 0.29) is 12.3 Å². The predicted octanol–water partition coefficient (Wildman–Crippen LogP) is 3.67. The van der Waals surface area contributed by atoms with Crippen molar-refractivity contribution in [2.75, 3.05) is 0 Å². The molecule has 2 aromatic rings. The minimum atomic E-state index is -0.599. The van der Waals surface area contributed by atoms with E-state index in [1.54, 1.807) is 0 Å². The first-order valence-electron chi connectivity index (χ1n) is 7.32. The third-order valence-electron chi connectivity index (χ3n) is 4.37. The van der Waals surface area contributed by atoms with Crippen LogP contribution in [0, 0.1) is 17.6 Å². The molecule has 1 aliphatic rings. The van der Waals surface area contributed by atoms with E-state index in [0.717, 1.165) is 25.3 Å². The molecule has 1 N–H and O–H groups in total. The van der Waals surface area contributed by atoms with Crippen LogP contribution < -0.4 is 0 Å². The largest absolute Gasteiger partial charge is 0.392 e. The molecular formula is C18H18F2O. The van der Waals surface area contributed by atoms with E-state index in [1.807, 2.05) is 12.1 Å². The number of aliphatic hydroxyl groups excluding tert-OH is 1. The monoisotopic (exact) mass is 288 g/mol. The molecule has 3 rings (SSSR count). The topological polar surface area (TPSA) is 20.2 Å². The Morgan fingerprint density at radius 1 is 1.10 bits per heavy atom. The fourth-order valence-electron chi connectivity index (χ4n) is 3.13. The molecule has 3 heteroatoms. The zero-order valence-corrected chi connectivity index (χ0v) is 11.7. The van der Waals surface area contributed by atoms with Gasteiger partial charge in [-0.25, -0.2) is 8.78 Å². The number of halogens is 2. The van der Waals surface area contributed by atoms with E-state index in [2.05, 4.69) is 12.1 Å². The summed E-state index contributed by atoms with van der Waals surface area (Å²) in [6.07, 6.45) is 2.31. The molecule has 21 heavy (non-hydrogen) atoms. The Morgan fingerprint density at radius 2 is 1.86 bits per heavy atom. The predicted molar refractivity (Wildman–Crippen MR) is 78.0 cm³/mol. The van der Waals surface area contributed by atoms with Crippen LogP contribution in [0.1, 0.15) is 23.1 Å². The molecule has 0 saturated heterocycles. The summed E-state index contributed by atoms with van der Waals surface area (Å²) in [7, 11) is 0. The maximum Gasteiger partial charge on any atom is 0.129 e.